The third-order valence-corrected chi connectivity index (χ3v) is 3.19. The molecule has 0 spiro atoms. The number of hydrogen-bond acceptors (Lipinski definition) is 4. The zero-order valence-corrected chi connectivity index (χ0v) is 9.95. The number of hydrazine groups is 1. The van der Waals surface area contributed by atoms with Crippen LogP contribution in [0.4, 0.5) is 0 Å². The van der Waals surface area contributed by atoms with E-state index in [1.807, 2.05) is 26.2 Å². The number of likely N-dealkylation sites (N-methyl/N-ethyl adjacent to an activating group) is 1. The summed E-state index contributed by atoms with van der Waals surface area (Å²) in [4.78, 5) is 2.15. The van der Waals surface area contributed by atoms with Crippen molar-refractivity contribution < 1.29 is 4.42 Å². The predicted octanol–water partition coefficient (Wildman–Crippen LogP) is 0.994. The lowest BCUT2D eigenvalue weighted by atomic mass is 9.90. The van der Waals surface area contributed by atoms with Crippen LogP contribution in [-0.4, -0.2) is 30.6 Å². The molecule has 1 atom stereocenters. The SMILES string of the molecule is CN(C)C(C)(C)C(Cc1ccco1)NN. The Kier molecular flexibility index (Phi) is 3.90. The molecule has 4 nitrogen and oxygen atoms in total. The highest BCUT2D eigenvalue weighted by Crippen LogP contribution is 2.19. The van der Waals surface area contributed by atoms with E-state index in [1.165, 1.54) is 0 Å². The maximum absolute atomic E-state index is 5.59. The molecular weight excluding hydrogens is 190 g/mol. The normalized spacial score (nSPS) is 14.5. The fourth-order valence-corrected chi connectivity index (χ4v) is 1.45. The maximum Gasteiger partial charge on any atom is 0.105 e. The highest BCUT2D eigenvalue weighted by molar-refractivity contribution is 5.04. The van der Waals surface area contributed by atoms with Crippen LogP contribution in [0.5, 0.6) is 0 Å². The van der Waals surface area contributed by atoms with E-state index < -0.39 is 0 Å². The van der Waals surface area contributed by atoms with Crippen molar-refractivity contribution in [2.75, 3.05) is 14.1 Å². The van der Waals surface area contributed by atoms with Crippen molar-refractivity contribution in [3.63, 3.8) is 0 Å². The second kappa shape index (κ2) is 4.79. The highest BCUT2D eigenvalue weighted by Gasteiger charge is 2.31. The van der Waals surface area contributed by atoms with Crippen molar-refractivity contribution in [1.82, 2.24) is 10.3 Å². The fraction of sp³-hybridized carbons (Fsp3) is 0.636. The molecule has 0 aliphatic carbocycles. The van der Waals surface area contributed by atoms with Gasteiger partial charge < -0.3 is 9.32 Å². The average molecular weight is 211 g/mol. The topological polar surface area (TPSA) is 54.4 Å². The molecule has 0 amide bonds. The largest absolute Gasteiger partial charge is 0.469 e. The summed E-state index contributed by atoms with van der Waals surface area (Å²) in [6.07, 6.45) is 2.47. The zero-order valence-electron chi connectivity index (χ0n) is 9.95. The van der Waals surface area contributed by atoms with Gasteiger partial charge in [0.25, 0.3) is 0 Å². The van der Waals surface area contributed by atoms with Crippen LogP contribution in [0.25, 0.3) is 0 Å². The van der Waals surface area contributed by atoms with Crippen LogP contribution in [-0.2, 0) is 6.42 Å². The molecule has 1 rings (SSSR count). The summed E-state index contributed by atoms with van der Waals surface area (Å²) in [6, 6.07) is 4.01. The molecule has 86 valence electrons. The van der Waals surface area contributed by atoms with Gasteiger partial charge in [-0.2, -0.15) is 0 Å². The number of hydrogen-bond donors (Lipinski definition) is 2. The second-order valence-corrected chi connectivity index (χ2v) is 4.55. The van der Waals surface area contributed by atoms with Gasteiger partial charge in [-0.25, -0.2) is 0 Å². The van der Waals surface area contributed by atoms with E-state index in [9.17, 15) is 0 Å². The molecule has 1 heterocycles. The quantitative estimate of drug-likeness (QED) is 0.563. The lowest BCUT2D eigenvalue weighted by molar-refractivity contribution is 0.134. The fourth-order valence-electron chi connectivity index (χ4n) is 1.45. The molecule has 0 saturated carbocycles. The Bertz CT molecular complexity index is 280. The Hall–Kier alpha value is -0.840. The van der Waals surface area contributed by atoms with Crippen molar-refractivity contribution in [2.24, 2.45) is 5.84 Å². The second-order valence-electron chi connectivity index (χ2n) is 4.55. The van der Waals surface area contributed by atoms with E-state index in [2.05, 4.69) is 24.2 Å². The molecule has 4 heteroatoms. The van der Waals surface area contributed by atoms with E-state index in [0.29, 0.717) is 0 Å². The minimum atomic E-state index is -0.0263. The molecule has 0 radical (unpaired) electrons. The van der Waals surface area contributed by atoms with E-state index in [1.54, 1.807) is 6.26 Å². The van der Waals surface area contributed by atoms with Gasteiger partial charge in [-0.05, 0) is 40.1 Å². The van der Waals surface area contributed by atoms with Crippen molar-refractivity contribution in [1.29, 1.82) is 0 Å². The van der Waals surface area contributed by atoms with Crippen LogP contribution in [0.3, 0.4) is 0 Å². The van der Waals surface area contributed by atoms with E-state index >= 15 is 0 Å². The van der Waals surface area contributed by atoms with Crippen molar-refractivity contribution in [3.05, 3.63) is 24.2 Å². The lowest BCUT2D eigenvalue weighted by Crippen LogP contribution is -2.58. The van der Waals surface area contributed by atoms with E-state index in [-0.39, 0.29) is 11.6 Å². The average Bonchev–Trinajstić information content (AvgIpc) is 2.65. The summed E-state index contributed by atoms with van der Waals surface area (Å²) in [5.41, 5.74) is 2.83. The van der Waals surface area contributed by atoms with Crippen LogP contribution in [0.2, 0.25) is 0 Å². The molecular formula is C11H21N3O. The molecule has 1 aromatic rings. The van der Waals surface area contributed by atoms with Gasteiger partial charge in [0, 0.05) is 18.0 Å². The summed E-state index contributed by atoms with van der Waals surface area (Å²) in [7, 11) is 4.10. The van der Waals surface area contributed by atoms with Crippen LogP contribution in [0.15, 0.2) is 22.8 Å². The van der Waals surface area contributed by atoms with Gasteiger partial charge in [-0.1, -0.05) is 0 Å². The molecule has 15 heavy (non-hydrogen) atoms. The standard InChI is InChI=1S/C11H21N3O/c1-11(2,14(3)4)10(13-12)8-9-6-5-7-15-9/h5-7,10,13H,8,12H2,1-4H3. The first-order chi connectivity index (χ1) is 6.98. The summed E-state index contributed by atoms with van der Waals surface area (Å²) in [5.74, 6) is 6.55. The van der Waals surface area contributed by atoms with Gasteiger partial charge in [0.05, 0.1) is 6.26 Å². The van der Waals surface area contributed by atoms with Crippen molar-refractivity contribution >= 4 is 0 Å². The van der Waals surface area contributed by atoms with Crippen molar-refractivity contribution in [2.45, 2.75) is 31.8 Å². The van der Waals surface area contributed by atoms with Crippen molar-refractivity contribution in [3.8, 4) is 0 Å². The molecule has 0 bridgehead atoms. The Morgan fingerprint density at radius 3 is 2.60 bits per heavy atom. The first-order valence-corrected chi connectivity index (χ1v) is 5.14. The summed E-state index contributed by atoms with van der Waals surface area (Å²) < 4.78 is 5.33. The van der Waals surface area contributed by atoms with Gasteiger partial charge in [0.15, 0.2) is 0 Å². The van der Waals surface area contributed by atoms with Gasteiger partial charge in [-0.15, -0.1) is 0 Å². The highest BCUT2D eigenvalue weighted by atomic mass is 16.3. The number of furan rings is 1. The third-order valence-electron chi connectivity index (χ3n) is 3.19. The first-order valence-electron chi connectivity index (χ1n) is 5.14. The number of nitrogens with zero attached hydrogens (tertiary/aromatic N) is 1. The Balaban J connectivity index is 2.71. The molecule has 0 aromatic carbocycles. The molecule has 1 aromatic heterocycles. The molecule has 3 N–H and O–H groups in total. The summed E-state index contributed by atoms with van der Waals surface area (Å²) in [6.45, 7) is 4.31. The van der Waals surface area contributed by atoms with Crippen LogP contribution < -0.4 is 11.3 Å². The van der Waals surface area contributed by atoms with Crippen LogP contribution in [0.1, 0.15) is 19.6 Å². The number of nitrogens with two attached hydrogens (primary N) is 1. The predicted molar refractivity (Wildman–Crippen MR) is 61.3 cm³/mol. The van der Waals surface area contributed by atoms with Gasteiger partial charge in [0.2, 0.25) is 0 Å². The minimum absolute atomic E-state index is 0.0263. The molecule has 0 aliphatic heterocycles. The third kappa shape index (κ3) is 2.81. The zero-order chi connectivity index (χ0) is 11.5. The van der Waals surface area contributed by atoms with Gasteiger partial charge >= 0.3 is 0 Å². The van der Waals surface area contributed by atoms with Gasteiger partial charge in [0.1, 0.15) is 5.76 Å². The molecule has 1 unspecified atom stereocenters. The summed E-state index contributed by atoms with van der Waals surface area (Å²) in [5, 5.41) is 0. The molecule has 0 fully saturated rings. The Morgan fingerprint density at radius 2 is 2.20 bits per heavy atom. The van der Waals surface area contributed by atoms with Crippen LogP contribution >= 0.6 is 0 Å². The maximum atomic E-state index is 5.59. The van der Waals surface area contributed by atoms with Crippen LogP contribution in [0, 0.1) is 0 Å². The van der Waals surface area contributed by atoms with E-state index in [0.717, 1.165) is 12.2 Å². The summed E-state index contributed by atoms with van der Waals surface area (Å²) >= 11 is 0. The molecule has 0 saturated heterocycles. The number of rotatable bonds is 5. The Morgan fingerprint density at radius 1 is 1.53 bits per heavy atom. The minimum Gasteiger partial charge on any atom is -0.469 e. The molecule has 0 aliphatic rings. The van der Waals surface area contributed by atoms with E-state index in [4.69, 9.17) is 10.3 Å². The lowest BCUT2D eigenvalue weighted by Gasteiger charge is -2.39. The Labute approximate surface area is 91.4 Å². The smallest absolute Gasteiger partial charge is 0.105 e. The monoisotopic (exact) mass is 211 g/mol. The first kappa shape index (κ1) is 12.2. The van der Waals surface area contributed by atoms with Gasteiger partial charge in [-0.3, -0.25) is 11.3 Å². The number of nitrogens with one attached hydrogen (secondary N) is 1.